The first-order valence-electron chi connectivity index (χ1n) is 3.79. The Hall–Kier alpha value is -1.53. The van der Waals surface area contributed by atoms with Crippen molar-refractivity contribution in [3.05, 3.63) is 29.8 Å². The second-order valence-corrected chi connectivity index (χ2v) is 2.50. The van der Waals surface area contributed by atoms with E-state index in [1.165, 1.54) is 0 Å². The van der Waals surface area contributed by atoms with Crippen LogP contribution in [0.2, 0.25) is 0 Å². The van der Waals surface area contributed by atoms with E-state index in [9.17, 15) is 0 Å². The summed E-state index contributed by atoms with van der Waals surface area (Å²) in [7, 11) is 0. The van der Waals surface area contributed by atoms with Crippen LogP contribution in [0.4, 0.5) is 5.69 Å². The van der Waals surface area contributed by atoms with Crippen molar-refractivity contribution in [1.82, 2.24) is 0 Å². The topological polar surface area (TPSA) is 61.8 Å². The van der Waals surface area contributed by atoms with Crippen LogP contribution >= 0.6 is 0 Å². The first-order valence-corrected chi connectivity index (χ1v) is 3.79. The molecule has 0 aromatic heterocycles. The van der Waals surface area contributed by atoms with Crippen LogP contribution in [0.25, 0.3) is 0 Å². The highest BCUT2D eigenvalue weighted by atomic mass is 15.2. The molecule has 1 rings (SSSR count). The zero-order chi connectivity index (χ0) is 8.81. The number of hydrogen-bond acceptors (Lipinski definition) is 3. The number of benzene rings is 1. The first-order chi connectivity index (χ1) is 5.86. The average molecular weight is 161 g/mol. The minimum absolute atomic E-state index is 0.565. The standard InChI is InChI=1S/C9H11N3/c10-7-1-2-8-3-5-9(12-11)6-4-8/h3-6,12H,1-2,11H2. The largest absolute Gasteiger partial charge is 0.324 e. The molecule has 1 aromatic carbocycles. The van der Waals surface area contributed by atoms with Crippen LogP contribution < -0.4 is 11.3 Å². The van der Waals surface area contributed by atoms with Crippen LogP contribution in [0, 0.1) is 11.3 Å². The molecule has 0 heterocycles. The van der Waals surface area contributed by atoms with Crippen LogP contribution in [0.15, 0.2) is 24.3 Å². The van der Waals surface area contributed by atoms with Crippen LogP contribution in [0.5, 0.6) is 0 Å². The average Bonchev–Trinajstić information content (AvgIpc) is 2.15. The first kappa shape index (κ1) is 8.57. The van der Waals surface area contributed by atoms with E-state index in [-0.39, 0.29) is 0 Å². The lowest BCUT2D eigenvalue weighted by atomic mass is 10.1. The van der Waals surface area contributed by atoms with Gasteiger partial charge in [-0.3, -0.25) is 5.84 Å². The summed E-state index contributed by atoms with van der Waals surface area (Å²) in [6, 6.07) is 9.83. The monoisotopic (exact) mass is 161 g/mol. The van der Waals surface area contributed by atoms with Gasteiger partial charge in [0.25, 0.3) is 0 Å². The highest BCUT2D eigenvalue weighted by Crippen LogP contribution is 2.09. The van der Waals surface area contributed by atoms with Gasteiger partial charge in [-0.25, -0.2) is 0 Å². The molecule has 0 aliphatic carbocycles. The van der Waals surface area contributed by atoms with Gasteiger partial charge in [-0.15, -0.1) is 0 Å². The molecular formula is C9H11N3. The molecule has 0 radical (unpaired) electrons. The molecule has 0 fully saturated rings. The number of anilines is 1. The summed E-state index contributed by atoms with van der Waals surface area (Å²) in [5.74, 6) is 5.20. The molecule has 0 aliphatic heterocycles. The second-order valence-electron chi connectivity index (χ2n) is 2.50. The lowest BCUT2D eigenvalue weighted by Gasteiger charge is -2.00. The molecule has 0 amide bonds. The molecule has 3 N–H and O–H groups in total. The van der Waals surface area contributed by atoms with Crippen LogP contribution in [-0.4, -0.2) is 0 Å². The van der Waals surface area contributed by atoms with Crippen LogP contribution in [-0.2, 0) is 6.42 Å². The second kappa shape index (κ2) is 4.37. The Morgan fingerprint density at radius 3 is 2.50 bits per heavy atom. The number of nitriles is 1. The molecule has 3 heteroatoms. The Morgan fingerprint density at radius 2 is 2.00 bits per heavy atom. The van der Waals surface area contributed by atoms with Gasteiger partial charge in [-0.1, -0.05) is 12.1 Å². The number of nitrogens with two attached hydrogens (primary N) is 1. The van der Waals surface area contributed by atoms with Gasteiger partial charge in [0, 0.05) is 12.1 Å². The van der Waals surface area contributed by atoms with Gasteiger partial charge in [0.2, 0.25) is 0 Å². The predicted molar refractivity (Wildman–Crippen MR) is 48.2 cm³/mol. The van der Waals surface area contributed by atoms with E-state index < -0.39 is 0 Å². The van der Waals surface area contributed by atoms with Crippen molar-refractivity contribution in [1.29, 1.82) is 5.26 Å². The van der Waals surface area contributed by atoms with E-state index in [0.29, 0.717) is 6.42 Å². The normalized spacial score (nSPS) is 9.00. The highest BCUT2D eigenvalue weighted by molar-refractivity contribution is 5.43. The van der Waals surface area contributed by atoms with E-state index in [0.717, 1.165) is 17.7 Å². The number of nitrogen functional groups attached to an aromatic ring is 1. The van der Waals surface area contributed by atoms with E-state index in [1.807, 2.05) is 24.3 Å². The van der Waals surface area contributed by atoms with Crippen molar-refractivity contribution >= 4 is 5.69 Å². The minimum Gasteiger partial charge on any atom is -0.324 e. The minimum atomic E-state index is 0.565. The number of nitrogens with zero attached hydrogens (tertiary/aromatic N) is 1. The third-order valence-electron chi connectivity index (χ3n) is 1.65. The highest BCUT2D eigenvalue weighted by Gasteiger charge is 1.92. The van der Waals surface area contributed by atoms with E-state index >= 15 is 0 Å². The SMILES string of the molecule is N#CCCc1ccc(NN)cc1. The molecule has 0 unspecified atom stereocenters. The summed E-state index contributed by atoms with van der Waals surface area (Å²) in [6.45, 7) is 0. The fraction of sp³-hybridized carbons (Fsp3) is 0.222. The third-order valence-corrected chi connectivity index (χ3v) is 1.65. The fourth-order valence-electron chi connectivity index (χ4n) is 0.968. The number of hydrogen-bond donors (Lipinski definition) is 2. The summed E-state index contributed by atoms with van der Waals surface area (Å²) in [5.41, 5.74) is 4.59. The number of nitrogens with one attached hydrogen (secondary N) is 1. The number of hydrazine groups is 1. The number of aryl methyl sites for hydroxylation is 1. The van der Waals surface area contributed by atoms with Gasteiger partial charge in [0.15, 0.2) is 0 Å². The molecule has 0 atom stereocenters. The van der Waals surface area contributed by atoms with Crippen molar-refractivity contribution < 1.29 is 0 Å². The van der Waals surface area contributed by atoms with Gasteiger partial charge in [-0.2, -0.15) is 5.26 Å². The summed E-state index contributed by atoms with van der Waals surface area (Å²) >= 11 is 0. The van der Waals surface area contributed by atoms with Crippen LogP contribution in [0.3, 0.4) is 0 Å². The molecule has 12 heavy (non-hydrogen) atoms. The van der Waals surface area contributed by atoms with Crippen molar-refractivity contribution in [2.75, 3.05) is 5.43 Å². The Bertz CT molecular complexity index is 271. The molecular weight excluding hydrogens is 150 g/mol. The summed E-state index contributed by atoms with van der Waals surface area (Å²) in [4.78, 5) is 0. The van der Waals surface area contributed by atoms with Crippen molar-refractivity contribution in [2.45, 2.75) is 12.8 Å². The molecule has 0 saturated heterocycles. The van der Waals surface area contributed by atoms with Gasteiger partial charge in [0.05, 0.1) is 6.07 Å². The molecule has 0 spiro atoms. The Kier molecular flexibility index (Phi) is 3.12. The maximum Gasteiger partial charge on any atom is 0.0625 e. The Balaban J connectivity index is 2.60. The van der Waals surface area contributed by atoms with E-state index in [1.54, 1.807) is 0 Å². The zero-order valence-electron chi connectivity index (χ0n) is 6.75. The molecule has 0 bridgehead atoms. The fourth-order valence-corrected chi connectivity index (χ4v) is 0.968. The predicted octanol–water partition coefficient (Wildman–Crippen LogP) is 1.43. The Morgan fingerprint density at radius 1 is 1.33 bits per heavy atom. The van der Waals surface area contributed by atoms with Gasteiger partial charge < -0.3 is 5.43 Å². The molecule has 62 valence electrons. The molecule has 3 nitrogen and oxygen atoms in total. The smallest absolute Gasteiger partial charge is 0.0625 e. The summed E-state index contributed by atoms with van der Waals surface area (Å²) in [5, 5.41) is 8.35. The maximum atomic E-state index is 8.35. The van der Waals surface area contributed by atoms with Crippen molar-refractivity contribution in [2.24, 2.45) is 5.84 Å². The van der Waals surface area contributed by atoms with E-state index in [2.05, 4.69) is 11.5 Å². The van der Waals surface area contributed by atoms with Crippen molar-refractivity contribution in [3.8, 4) is 6.07 Å². The molecule has 1 aromatic rings. The number of rotatable bonds is 3. The van der Waals surface area contributed by atoms with Crippen molar-refractivity contribution in [3.63, 3.8) is 0 Å². The van der Waals surface area contributed by atoms with Crippen LogP contribution in [0.1, 0.15) is 12.0 Å². The van der Waals surface area contributed by atoms with Gasteiger partial charge in [0.1, 0.15) is 0 Å². The summed E-state index contributed by atoms with van der Waals surface area (Å²) in [6.07, 6.45) is 1.37. The summed E-state index contributed by atoms with van der Waals surface area (Å²) < 4.78 is 0. The lowest BCUT2D eigenvalue weighted by Crippen LogP contribution is -2.06. The van der Waals surface area contributed by atoms with Gasteiger partial charge in [-0.05, 0) is 24.1 Å². The quantitative estimate of drug-likeness (QED) is 0.520. The zero-order valence-corrected chi connectivity index (χ0v) is 6.75. The molecule has 0 aliphatic rings. The Labute approximate surface area is 71.8 Å². The van der Waals surface area contributed by atoms with E-state index in [4.69, 9.17) is 11.1 Å². The lowest BCUT2D eigenvalue weighted by molar-refractivity contribution is 1.01. The van der Waals surface area contributed by atoms with Gasteiger partial charge >= 0.3 is 0 Å². The third kappa shape index (κ3) is 2.26. The maximum absolute atomic E-state index is 8.35. The molecule has 0 saturated carbocycles.